The van der Waals surface area contributed by atoms with Crippen molar-refractivity contribution in [2.75, 3.05) is 0 Å². The summed E-state index contributed by atoms with van der Waals surface area (Å²) in [6.45, 7) is 8.70. The molecule has 0 amide bonds. The van der Waals surface area contributed by atoms with E-state index in [-0.39, 0.29) is 5.41 Å². The summed E-state index contributed by atoms with van der Waals surface area (Å²) in [5, 5.41) is 6.94. The molecule has 4 nitrogen and oxygen atoms in total. The summed E-state index contributed by atoms with van der Waals surface area (Å²) >= 11 is 0. The maximum absolute atomic E-state index is 6.41. The van der Waals surface area contributed by atoms with E-state index in [1.165, 1.54) is 60.5 Å². The van der Waals surface area contributed by atoms with Gasteiger partial charge in [0.05, 0.1) is 16.7 Å². The molecule has 0 aliphatic heterocycles. The lowest BCUT2D eigenvalue weighted by atomic mass is 9.81. The second kappa shape index (κ2) is 16.7. The third-order valence-electron chi connectivity index (χ3n) is 14.6. The van der Waals surface area contributed by atoms with E-state index in [0.717, 1.165) is 72.3 Å². The van der Waals surface area contributed by atoms with Gasteiger partial charge in [-0.15, -0.1) is 0 Å². The van der Waals surface area contributed by atoms with Crippen molar-refractivity contribution in [3.05, 3.63) is 236 Å². The van der Waals surface area contributed by atoms with Crippen molar-refractivity contribution >= 4 is 54.5 Å². The van der Waals surface area contributed by atoms with Crippen LogP contribution in [-0.2, 0) is 5.41 Å². The zero-order valence-corrected chi connectivity index (χ0v) is 40.1. The van der Waals surface area contributed by atoms with Gasteiger partial charge in [0, 0.05) is 49.7 Å². The normalized spacial score (nSPS) is 12.6. The molecule has 1 aliphatic rings. The molecule has 0 N–H and O–H groups in total. The summed E-state index contributed by atoms with van der Waals surface area (Å²) in [6, 6.07) is 80.9. The fourth-order valence-corrected chi connectivity index (χ4v) is 11.2. The number of hydrogen-bond donors (Lipinski definition) is 0. The number of furan rings is 1. The summed E-state index contributed by atoms with van der Waals surface area (Å²) < 4.78 is 8.77. The quantitative estimate of drug-likeness (QED) is 0.167. The van der Waals surface area contributed by atoms with E-state index in [0.29, 0.717) is 5.82 Å². The van der Waals surface area contributed by atoms with Gasteiger partial charge in [0.25, 0.3) is 0 Å². The van der Waals surface area contributed by atoms with Crippen LogP contribution in [0.15, 0.2) is 229 Å². The fourth-order valence-electron chi connectivity index (χ4n) is 11.2. The number of benzene rings is 10. The van der Waals surface area contributed by atoms with Crippen molar-refractivity contribution in [3.8, 4) is 73.0 Å². The van der Waals surface area contributed by atoms with Crippen LogP contribution in [0.4, 0.5) is 0 Å². The van der Waals surface area contributed by atoms with Crippen molar-refractivity contribution in [2.45, 2.75) is 33.1 Å². The SMILES string of the molecule is CC.CC1(C)c2ccccc2-c2ccc(-c3cccc(-c4cccc(-c5cccc6c7c8ccccc8ccc7n(-c7cc(-c8ccc9c(c8)oc8ccccc89)nc(-c8ccccc8)n7)c56)c4)c3)cc21. The van der Waals surface area contributed by atoms with Gasteiger partial charge in [-0.25, -0.2) is 9.97 Å². The number of para-hydroxylation sites is 2. The van der Waals surface area contributed by atoms with Gasteiger partial charge in [0.1, 0.15) is 17.0 Å². The van der Waals surface area contributed by atoms with Gasteiger partial charge < -0.3 is 4.42 Å². The Bertz CT molecular complexity index is 4230. The third kappa shape index (κ3) is 6.81. The van der Waals surface area contributed by atoms with E-state index in [4.69, 9.17) is 14.4 Å². The first-order valence-corrected chi connectivity index (χ1v) is 24.7. The van der Waals surface area contributed by atoms with Crippen molar-refractivity contribution in [1.29, 1.82) is 0 Å². The molecule has 0 spiro atoms. The molecule has 0 fully saturated rings. The van der Waals surface area contributed by atoms with Crippen LogP contribution >= 0.6 is 0 Å². The molecule has 0 saturated heterocycles. The van der Waals surface area contributed by atoms with Crippen molar-refractivity contribution in [3.63, 3.8) is 0 Å². The lowest BCUT2D eigenvalue weighted by Gasteiger charge is -2.22. The number of nitrogens with zero attached hydrogens (tertiary/aromatic N) is 3. The Morgan fingerprint density at radius 2 is 1.00 bits per heavy atom. The van der Waals surface area contributed by atoms with Crippen molar-refractivity contribution in [2.24, 2.45) is 0 Å². The van der Waals surface area contributed by atoms with Gasteiger partial charge in [-0.1, -0.05) is 204 Å². The summed E-state index contributed by atoms with van der Waals surface area (Å²) in [5.41, 5.74) is 19.0. The fraction of sp³-hybridized carbons (Fsp3) is 0.0746. The molecular formula is C67H49N3O. The van der Waals surface area contributed by atoms with E-state index in [2.05, 4.69) is 213 Å². The van der Waals surface area contributed by atoms with Gasteiger partial charge in [-0.3, -0.25) is 4.57 Å². The lowest BCUT2D eigenvalue weighted by Crippen LogP contribution is -2.14. The van der Waals surface area contributed by atoms with Crippen LogP contribution in [0.5, 0.6) is 0 Å². The molecule has 338 valence electrons. The average molecular weight is 912 g/mol. The van der Waals surface area contributed by atoms with Gasteiger partial charge in [0.15, 0.2) is 5.82 Å². The summed E-state index contributed by atoms with van der Waals surface area (Å²) in [5.74, 6) is 1.44. The van der Waals surface area contributed by atoms with Crippen LogP contribution in [-0.4, -0.2) is 14.5 Å². The van der Waals surface area contributed by atoms with E-state index >= 15 is 0 Å². The second-order valence-corrected chi connectivity index (χ2v) is 18.9. The highest BCUT2D eigenvalue weighted by Crippen LogP contribution is 2.50. The van der Waals surface area contributed by atoms with Crippen LogP contribution in [0.25, 0.3) is 127 Å². The maximum Gasteiger partial charge on any atom is 0.162 e. The van der Waals surface area contributed by atoms with Crippen LogP contribution in [0.3, 0.4) is 0 Å². The molecule has 71 heavy (non-hydrogen) atoms. The molecule has 0 radical (unpaired) electrons. The van der Waals surface area contributed by atoms with Gasteiger partial charge in [-0.05, 0) is 103 Å². The monoisotopic (exact) mass is 911 g/mol. The number of hydrogen-bond acceptors (Lipinski definition) is 3. The smallest absolute Gasteiger partial charge is 0.162 e. The van der Waals surface area contributed by atoms with Crippen LogP contribution < -0.4 is 0 Å². The van der Waals surface area contributed by atoms with E-state index in [9.17, 15) is 0 Å². The predicted molar refractivity (Wildman–Crippen MR) is 297 cm³/mol. The molecule has 0 atom stereocenters. The first-order valence-electron chi connectivity index (χ1n) is 24.7. The van der Waals surface area contributed by atoms with Crippen molar-refractivity contribution in [1.82, 2.24) is 14.5 Å². The molecule has 0 unspecified atom stereocenters. The molecule has 10 aromatic carbocycles. The molecule has 14 rings (SSSR count). The number of rotatable bonds is 6. The van der Waals surface area contributed by atoms with Crippen LogP contribution in [0.1, 0.15) is 38.8 Å². The Kier molecular flexibility index (Phi) is 9.93. The van der Waals surface area contributed by atoms with Gasteiger partial charge in [0.2, 0.25) is 0 Å². The first-order chi connectivity index (χ1) is 34.9. The topological polar surface area (TPSA) is 43.9 Å². The van der Waals surface area contributed by atoms with Crippen molar-refractivity contribution < 1.29 is 4.42 Å². The molecule has 3 heterocycles. The zero-order chi connectivity index (χ0) is 47.8. The Morgan fingerprint density at radius 1 is 0.394 bits per heavy atom. The first kappa shape index (κ1) is 42.3. The standard InChI is InChI=1S/C65H43N3O.C2H6/c1-65(2)55-27-10-8-23-50(55)51-32-29-45(37-56(51)65)43-19-12-18-42(35-43)44-20-13-21-46(36-44)49-25-14-26-54-62-48-22-7-6-15-40(48)31-34-58(62)68(63(49)54)61-39-57(66-64(67-61)41-16-4-3-5-17-41)47-30-33-53-52-24-9-11-28-59(52)69-60(53)38-47;1-2/h3-39H,1-2H3;1-2H3. The largest absolute Gasteiger partial charge is 0.456 e. The highest BCUT2D eigenvalue weighted by molar-refractivity contribution is 6.23. The molecule has 0 saturated carbocycles. The molecule has 4 heteroatoms. The van der Waals surface area contributed by atoms with E-state index < -0.39 is 0 Å². The lowest BCUT2D eigenvalue weighted by molar-refractivity contribution is 0.660. The number of fused-ring (bicyclic) bond motifs is 11. The summed E-state index contributed by atoms with van der Waals surface area (Å²) in [7, 11) is 0. The molecule has 1 aliphatic carbocycles. The van der Waals surface area contributed by atoms with E-state index in [1.807, 2.05) is 44.2 Å². The Hall–Kier alpha value is -8.86. The zero-order valence-electron chi connectivity index (χ0n) is 40.1. The molecule has 0 bridgehead atoms. The number of aromatic nitrogens is 3. The Morgan fingerprint density at radius 3 is 1.83 bits per heavy atom. The van der Waals surface area contributed by atoms with Crippen LogP contribution in [0.2, 0.25) is 0 Å². The minimum Gasteiger partial charge on any atom is -0.456 e. The Labute approximate surface area is 413 Å². The highest BCUT2D eigenvalue weighted by atomic mass is 16.3. The molecular weight excluding hydrogens is 863 g/mol. The predicted octanol–water partition coefficient (Wildman–Crippen LogP) is 18.3. The summed E-state index contributed by atoms with van der Waals surface area (Å²) in [6.07, 6.45) is 0. The minimum absolute atomic E-state index is 0.0656. The average Bonchev–Trinajstić information content (AvgIpc) is 4.06. The summed E-state index contributed by atoms with van der Waals surface area (Å²) in [4.78, 5) is 10.7. The maximum atomic E-state index is 6.41. The van der Waals surface area contributed by atoms with Crippen LogP contribution in [0, 0.1) is 0 Å². The second-order valence-electron chi connectivity index (χ2n) is 18.9. The molecule has 13 aromatic rings. The van der Waals surface area contributed by atoms with E-state index in [1.54, 1.807) is 0 Å². The third-order valence-corrected chi connectivity index (χ3v) is 14.6. The molecule has 3 aromatic heterocycles. The van der Waals surface area contributed by atoms with Gasteiger partial charge in [-0.2, -0.15) is 0 Å². The highest BCUT2D eigenvalue weighted by Gasteiger charge is 2.35. The minimum atomic E-state index is -0.0656. The Balaban J connectivity index is 0.00000243. The van der Waals surface area contributed by atoms with Gasteiger partial charge >= 0.3 is 0 Å².